The molecule has 3 amide bonds. The summed E-state index contributed by atoms with van der Waals surface area (Å²) in [7, 11) is 0. The Kier molecular flexibility index (Phi) is 13.8. The first-order valence-electron chi connectivity index (χ1n) is 15.1. The van der Waals surface area contributed by atoms with Gasteiger partial charge < -0.3 is 43.2 Å². The Morgan fingerprint density at radius 2 is 1.30 bits per heavy atom. The van der Waals surface area contributed by atoms with Gasteiger partial charge in [-0.2, -0.15) is 0 Å². The van der Waals surface area contributed by atoms with E-state index in [2.05, 4.69) is 20.9 Å². The van der Waals surface area contributed by atoms with Crippen molar-refractivity contribution in [2.45, 2.75) is 75.5 Å². The summed E-state index contributed by atoms with van der Waals surface area (Å²) in [5.74, 6) is -2.90. The second-order valence-electron chi connectivity index (χ2n) is 11.0. The van der Waals surface area contributed by atoms with Gasteiger partial charge in [0.2, 0.25) is 17.7 Å². The first-order valence-corrected chi connectivity index (χ1v) is 15.1. The number of nitrogens with one attached hydrogen (secondary N) is 4. The highest BCUT2D eigenvalue weighted by molar-refractivity contribution is 5.95. The molecule has 238 valence electrons. The molecule has 0 spiro atoms. The summed E-state index contributed by atoms with van der Waals surface area (Å²) in [5.41, 5.74) is 19.6. The minimum atomic E-state index is -1.22. The number of hydrogen-bond donors (Lipinski definition) is 8. The maximum absolute atomic E-state index is 13.7. The Morgan fingerprint density at radius 3 is 1.98 bits per heavy atom. The number of fused-ring (bicyclic) bond motifs is 1. The van der Waals surface area contributed by atoms with E-state index in [1.54, 1.807) is 30.5 Å². The van der Waals surface area contributed by atoms with Crippen molar-refractivity contribution in [1.82, 2.24) is 20.9 Å². The molecule has 0 aliphatic heterocycles. The van der Waals surface area contributed by atoms with Crippen LogP contribution in [0.3, 0.4) is 0 Å². The summed E-state index contributed by atoms with van der Waals surface area (Å²) in [4.78, 5) is 55.5. The molecule has 0 bridgehead atoms. The standard InChI is InChI=1S/C32H45N7O5/c33-16-8-6-13-24(35)29(40)37-26(15-7-9-17-34)30(41)38-27(19-22-20-36-25-14-5-4-12-23(22)25)31(42)39-28(32(43)44)18-21-10-2-1-3-11-21/h1-5,10-12,14,20,24,26-28,36H,6-9,13,15-19,33-35H2,(H,37,40)(H,38,41)(H,39,42)(H,43,44). The van der Waals surface area contributed by atoms with Crippen LogP contribution < -0.4 is 33.2 Å². The number of H-pyrrole nitrogens is 1. The van der Waals surface area contributed by atoms with Crippen molar-refractivity contribution < 1.29 is 24.3 Å². The second-order valence-corrected chi connectivity index (χ2v) is 11.0. The molecule has 0 fully saturated rings. The topological polar surface area (TPSA) is 218 Å². The number of aromatic nitrogens is 1. The third kappa shape index (κ3) is 10.5. The van der Waals surface area contributed by atoms with Gasteiger partial charge in [0.15, 0.2) is 0 Å². The molecule has 0 aliphatic rings. The molecule has 4 unspecified atom stereocenters. The molecule has 2 aromatic carbocycles. The maximum Gasteiger partial charge on any atom is 0.326 e. The third-order valence-electron chi connectivity index (χ3n) is 7.52. The van der Waals surface area contributed by atoms with Gasteiger partial charge in [0.05, 0.1) is 6.04 Å². The number of rotatable bonds is 19. The fourth-order valence-electron chi connectivity index (χ4n) is 5.00. The van der Waals surface area contributed by atoms with Gasteiger partial charge >= 0.3 is 5.97 Å². The summed E-state index contributed by atoms with van der Waals surface area (Å²) >= 11 is 0. The number of carbonyl (C=O) groups excluding carboxylic acids is 3. The van der Waals surface area contributed by atoms with Crippen LogP contribution in [0.2, 0.25) is 0 Å². The molecule has 12 nitrogen and oxygen atoms in total. The maximum atomic E-state index is 13.7. The van der Waals surface area contributed by atoms with Gasteiger partial charge in [-0.1, -0.05) is 55.0 Å². The van der Waals surface area contributed by atoms with Crippen molar-refractivity contribution in [3.63, 3.8) is 0 Å². The quantitative estimate of drug-likeness (QED) is 0.0920. The summed E-state index contributed by atoms with van der Waals surface area (Å²) in [5, 5.41) is 18.9. The Morgan fingerprint density at radius 1 is 0.705 bits per heavy atom. The van der Waals surface area contributed by atoms with E-state index in [1.807, 2.05) is 30.3 Å². The number of unbranched alkanes of at least 4 members (excludes halogenated alkanes) is 2. The highest BCUT2D eigenvalue weighted by Crippen LogP contribution is 2.19. The van der Waals surface area contributed by atoms with Crippen molar-refractivity contribution in [3.05, 3.63) is 71.9 Å². The van der Waals surface area contributed by atoms with Crippen molar-refractivity contribution in [2.24, 2.45) is 17.2 Å². The van der Waals surface area contributed by atoms with Gasteiger partial charge in [-0.3, -0.25) is 14.4 Å². The van der Waals surface area contributed by atoms with Crippen LogP contribution in [0.4, 0.5) is 0 Å². The van der Waals surface area contributed by atoms with Crippen LogP contribution in [0.5, 0.6) is 0 Å². The van der Waals surface area contributed by atoms with E-state index in [0.29, 0.717) is 38.8 Å². The van der Waals surface area contributed by atoms with E-state index in [1.165, 1.54) is 0 Å². The monoisotopic (exact) mass is 607 g/mol. The van der Waals surface area contributed by atoms with Crippen LogP contribution in [-0.2, 0) is 32.0 Å². The molecule has 1 heterocycles. The fourth-order valence-corrected chi connectivity index (χ4v) is 5.00. The molecule has 3 rings (SSSR count). The number of carbonyl (C=O) groups is 4. The lowest BCUT2D eigenvalue weighted by molar-refractivity contribution is -0.142. The predicted molar refractivity (Wildman–Crippen MR) is 169 cm³/mol. The van der Waals surface area contributed by atoms with Crippen LogP contribution in [0.25, 0.3) is 10.9 Å². The zero-order valence-corrected chi connectivity index (χ0v) is 25.0. The molecule has 0 radical (unpaired) electrons. The largest absolute Gasteiger partial charge is 0.480 e. The zero-order chi connectivity index (χ0) is 31.9. The molecule has 12 heteroatoms. The Hall–Kier alpha value is -4.26. The van der Waals surface area contributed by atoms with Gasteiger partial charge in [0, 0.05) is 29.9 Å². The second kappa shape index (κ2) is 17.8. The normalized spacial score (nSPS) is 13.9. The Balaban J connectivity index is 1.83. The summed E-state index contributed by atoms with van der Waals surface area (Å²) in [6, 6.07) is 12.4. The van der Waals surface area contributed by atoms with Gasteiger partial charge in [0.25, 0.3) is 0 Å². The molecule has 44 heavy (non-hydrogen) atoms. The van der Waals surface area contributed by atoms with Crippen LogP contribution in [0.15, 0.2) is 60.8 Å². The van der Waals surface area contributed by atoms with E-state index in [9.17, 15) is 24.3 Å². The Bertz CT molecular complexity index is 1360. The molecule has 0 saturated carbocycles. The number of para-hydroxylation sites is 1. The number of aliphatic carboxylic acids is 1. The molecule has 0 aliphatic carbocycles. The lowest BCUT2D eigenvalue weighted by Crippen LogP contribution is -2.57. The molecule has 11 N–H and O–H groups in total. The SMILES string of the molecule is NCCCCC(N)C(=O)NC(CCCCN)C(=O)NC(Cc1c[nH]c2ccccc12)C(=O)NC(Cc1ccccc1)C(=O)O. The van der Waals surface area contributed by atoms with E-state index >= 15 is 0 Å². The smallest absolute Gasteiger partial charge is 0.326 e. The fraction of sp³-hybridized carbons (Fsp3) is 0.438. The minimum Gasteiger partial charge on any atom is -0.480 e. The summed E-state index contributed by atoms with van der Waals surface area (Å²) < 4.78 is 0. The number of amides is 3. The minimum absolute atomic E-state index is 0.0650. The number of carboxylic acid groups (broad SMARTS) is 1. The highest BCUT2D eigenvalue weighted by Gasteiger charge is 2.31. The molecular formula is C32H45N7O5. The number of hydrogen-bond acceptors (Lipinski definition) is 7. The Labute approximate surface area is 257 Å². The number of aromatic amines is 1. The van der Waals surface area contributed by atoms with Gasteiger partial charge in [0.1, 0.15) is 18.1 Å². The van der Waals surface area contributed by atoms with E-state index in [0.717, 1.165) is 28.5 Å². The summed E-state index contributed by atoms with van der Waals surface area (Å²) in [6.07, 6.45) is 5.23. The van der Waals surface area contributed by atoms with E-state index in [-0.39, 0.29) is 19.3 Å². The van der Waals surface area contributed by atoms with Gasteiger partial charge in [-0.15, -0.1) is 0 Å². The number of benzene rings is 2. The van der Waals surface area contributed by atoms with Crippen LogP contribution in [0, 0.1) is 0 Å². The van der Waals surface area contributed by atoms with Crippen LogP contribution in [-0.4, -0.2) is 71.0 Å². The van der Waals surface area contributed by atoms with Crippen molar-refractivity contribution in [3.8, 4) is 0 Å². The van der Waals surface area contributed by atoms with Crippen molar-refractivity contribution >= 4 is 34.6 Å². The zero-order valence-electron chi connectivity index (χ0n) is 25.0. The third-order valence-corrected chi connectivity index (χ3v) is 7.52. The van der Waals surface area contributed by atoms with Gasteiger partial charge in [-0.05, 0) is 62.4 Å². The van der Waals surface area contributed by atoms with Crippen LogP contribution >= 0.6 is 0 Å². The average molecular weight is 608 g/mol. The van der Waals surface area contributed by atoms with Crippen molar-refractivity contribution in [1.29, 1.82) is 0 Å². The van der Waals surface area contributed by atoms with E-state index < -0.39 is 47.9 Å². The van der Waals surface area contributed by atoms with Crippen LogP contribution in [0.1, 0.15) is 49.7 Å². The van der Waals surface area contributed by atoms with Gasteiger partial charge in [-0.25, -0.2) is 4.79 Å². The average Bonchev–Trinajstić information content (AvgIpc) is 3.43. The number of carboxylic acids is 1. The molecule has 0 saturated heterocycles. The summed E-state index contributed by atoms with van der Waals surface area (Å²) in [6.45, 7) is 0.914. The lowest BCUT2D eigenvalue weighted by Gasteiger charge is -2.25. The highest BCUT2D eigenvalue weighted by atomic mass is 16.4. The first kappa shape index (κ1) is 34.2. The van der Waals surface area contributed by atoms with E-state index in [4.69, 9.17) is 17.2 Å². The molecule has 4 atom stereocenters. The molecule has 1 aromatic heterocycles. The molecular weight excluding hydrogens is 562 g/mol. The molecule has 3 aromatic rings. The first-order chi connectivity index (χ1) is 21.2. The van der Waals surface area contributed by atoms with Crippen molar-refractivity contribution in [2.75, 3.05) is 13.1 Å². The number of nitrogens with two attached hydrogens (primary N) is 3. The predicted octanol–water partition coefficient (Wildman–Crippen LogP) is 1.08. The lowest BCUT2D eigenvalue weighted by atomic mass is 10.0.